The van der Waals surface area contributed by atoms with Crippen molar-refractivity contribution in [1.82, 2.24) is 14.5 Å². The third-order valence-electron chi connectivity index (χ3n) is 4.50. The lowest BCUT2D eigenvalue weighted by Crippen LogP contribution is -2.35. The summed E-state index contributed by atoms with van der Waals surface area (Å²) in [5, 5.41) is 1.52. The van der Waals surface area contributed by atoms with Crippen LogP contribution in [-0.4, -0.2) is 50.7 Å². The van der Waals surface area contributed by atoms with Crippen LogP contribution in [0.5, 0.6) is 0 Å². The van der Waals surface area contributed by atoms with Crippen LogP contribution in [-0.2, 0) is 0 Å². The molecule has 2 heterocycles. The number of hydrogen-bond donors (Lipinski definition) is 0. The number of rotatable bonds is 5. The summed E-state index contributed by atoms with van der Waals surface area (Å²) in [6.45, 7) is 3.94. The predicted octanol–water partition coefficient (Wildman–Crippen LogP) is 4.34. The minimum absolute atomic E-state index is 0.158. The Balaban J connectivity index is 1.74. The van der Waals surface area contributed by atoms with Crippen molar-refractivity contribution >= 4 is 29.4 Å². The Morgan fingerprint density at radius 3 is 2.80 bits per heavy atom. The zero-order chi connectivity index (χ0) is 17.6. The van der Waals surface area contributed by atoms with E-state index >= 15 is 0 Å². The van der Waals surface area contributed by atoms with E-state index in [4.69, 9.17) is 0 Å². The van der Waals surface area contributed by atoms with Crippen LogP contribution in [0.15, 0.2) is 41.8 Å². The van der Waals surface area contributed by atoms with Gasteiger partial charge in [0.25, 0.3) is 5.91 Å². The average Bonchev–Trinajstić information content (AvgIpc) is 3.00. The molecule has 1 saturated heterocycles. The lowest BCUT2D eigenvalue weighted by Gasteiger charge is -2.24. The van der Waals surface area contributed by atoms with E-state index in [9.17, 15) is 4.79 Å². The maximum atomic E-state index is 12.9. The van der Waals surface area contributed by atoms with E-state index in [2.05, 4.69) is 11.9 Å². The molecule has 0 saturated carbocycles. The number of carbonyl (C=O) groups is 1. The Morgan fingerprint density at radius 1 is 1.28 bits per heavy atom. The first-order valence-electron chi connectivity index (χ1n) is 8.81. The Kier molecular flexibility index (Phi) is 6.48. The predicted molar refractivity (Wildman–Crippen MR) is 107 cm³/mol. The SMILES string of the molecule is CCSC1CCCCN(C(=O)c2ccc(-n3ccnc3SC)cc2)C1. The van der Waals surface area contributed by atoms with Gasteiger partial charge in [-0.25, -0.2) is 4.98 Å². The molecule has 4 nitrogen and oxygen atoms in total. The van der Waals surface area contributed by atoms with Gasteiger partial charge >= 0.3 is 0 Å². The number of hydrogen-bond acceptors (Lipinski definition) is 4. The van der Waals surface area contributed by atoms with Gasteiger partial charge in [0.2, 0.25) is 0 Å². The summed E-state index contributed by atoms with van der Waals surface area (Å²) >= 11 is 3.59. The van der Waals surface area contributed by atoms with E-state index in [0.717, 1.165) is 41.7 Å². The van der Waals surface area contributed by atoms with Gasteiger partial charge in [0.05, 0.1) is 0 Å². The molecule has 1 amide bonds. The molecule has 25 heavy (non-hydrogen) atoms. The van der Waals surface area contributed by atoms with Crippen molar-refractivity contribution in [3.8, 4) is 5.69 Å². The van der Waals surface area contributed by atoms with E-state index in [0.29, 0.717) is 5.25 Å². The Hall–Kier alpha value is -1.40. The van der Waals surface area contributed by atoms with Gasteiger partial charge in [-0.15, -0.1) is 0 Å². The standard InChI is InChI=1S/C19H25N3OS2/c1-3-25-17-6-4-5-12-21(14-17)18(23)15-7-9-16(10-8-15)22-13-11-20-19(22)24-2/h7-11,13,17H,3-6,12,14H2,1-2H3. The Bertz CT molecular complexity index is 699. The molecule has 1 aliphatic rings. The maximum Gasteiger partial charge on any atom is 0.253 e. The first-order chi connectivity index (χ1) is 12.2. The third-order valence-corrected chi connectivity index (χ3v) is 6.36. The Morgan fingerprint density at radius 2 is 2.08 bits per heavy atom. The van der Waals surface area contributed by atoms with Gasteiger partial charge in [0, 0.05) is 42.0 Å². The van der Waals surface area contributed by atoms with Crippen LogP contribution in [0.3, 0.4) is 0 Å². The van der Waals surface area contributed by atoms with Gasteiger partial charge in [-0.3, -0.25) is 9.36 Å². The molecular weight excluding hydrogens is 350 g/mol. The van der Waals surface area contributed by atoms with Gasteiger partial charge in [-0.05, 0) is 49.1 Å². The molecule has 0 N–H and O–H groups in total. The number of thioether (sulfide) groups is 2. The second-order valence-corrected chi connectivity index (χ2v) is 8.51. The van der Waals surface area contributed by atoms with E-state index < -0.39 is 0 Å². The number of nitrogens with zero attached hydrogens (tertiary/aromatic N) is 3. The summed E-state index contributed by atoms with van der Waals surface area (Å²) in [4.78, 5) is 19.3. The van der Waals surface area contributed by atoms with Crippen molar-refractivity contribution in [2.45, 2.75) is 36.6 Å². The van der Waals surface area contributed by atoms with Gasteiger partial charge in [-0.2, -0.15) is 11.8 Å². The van der Waals surface area contributed by atoms with Crippen LogP contribution in [0.25, 0.3) is 5.69 Å². The fourth-order valence-corrected chi connectivity index (χ4v) is 4.86. The highest BCUT2D eigenvalue weighted by Crippen LogP contribution is 2.24. The largest absolute Gasteiger partial charge is 0.338 e. The quantitative estimate of drug-likeness (QED) is 0.729. The van der Waals surface area contributed by atoms with Crippen molar-refractivity contribution in [2.75, 3.05) is 25.1 Å². The highest BCUT2D eigenvalue weighted by molar-refractivity contribution is 7.99. The first kappa shape index (κ1) is 18.4. The number of carbonyl (C=O) groups excluding carboxylic acids is 1. The van der Waals surface area contributed by atoms with E-state index in [1.165, 1.54) is 12.8 Å². The number of aromatic nitrogens is 2. The highest BCUT2D eigenvalue weighted by atomic mass is 32.2. The fraction of sp³-hybridized carbons (Fsp3) is 0.474. The highest BCUT2D eigenvalue weighted by Gasteiger charge is 2.23. The topological polar surface area (TPSA) is 38.1 Å². The second kappa shape index (κ2) is 8.81. The van der Waals surface area contributed by atoms with Crippen LogP contribution in [0.1, 0.15) is 36.5 Å². The van der Waals surface area contributed by atoms with Gasteiger partial charge in [0.1, 0.15) is 0 Å². The molecule has 3 rings (SSSR count). The van der Waals surface area contributed by atoms with Crippen LogP contribution in [0.2, 0.25) is 0 Å². The summed E-state index contributed by atoms with van der Waals surface area (Å²) in [5.74, 6) is 1.27. The molecule has 1 atom stereocenters. The molecule has 1 fully saturated rings. The van der Waals surface area contributed by atoms with E-state index in [1.807, 2.05) is 57.9 Å². The lowest BCUT2D eigenvalue weighted by atomic mass is 10.1. The smallest absolute Gasteiger partial charge is 0.253 e. The molecule has 6 heteroatoms. The zero-order valence-corrected chi connectivity index (χ0v) is 16.5. The molecule has 1 aromatic heterocycles. The summed E-state index contributed by atoms with van der Waals surface area (Å²) in [5.41, 5.74) is 1.81. The van der Waals surface area contributed by atoms with Crippen LogP contribution < -0.4 is 0 Å². The molecule has 1 aromatic carbocycles. The number of imidazole rings is 1. The van der Waals surface area contributed by atoms with Crippen molar-refractivity contribution in [3.63, 3.8) is 0 Å². The molecule has 0 radical (unpaired) electrons. The second-order valence-electron chi connectivity index (χ2n) is 6.16. The molecule has 0 spiro atoms. The fourth-order valence-electron chi connectivity index (χ4n) is 3.24. The monoisotopic (exact) mass is 375 g/mol. The minimum atomic E-state index is 0.158. The van der Waals surface area contributed by atoms with Gasteiger partial charge in [0.15, 0.2) is 5.16 Å². The van der Waals surface area contributed by atoms with Crippen molar-refractivity contribution < 1.29 is 4.79 Å². The summed E-state index contributed by atoms with van der Waals surface area (Å²) in [7, 11) is 0. The molecule has 2 aromatic rings. The molecular formula is C19H25N3OS2. The van der Waals surface area contributed by atoms with Crippen molar-refractivity contribution in [2.24, 2.45) is 0 Å². The zero-order valence-electron chi connectivity index (χ0n) is 14.9. The molecule has 134 valence electrons. The normalized spacial score (nSPS) is 18.2. The molecule has 1 unspecified atom stereocenters. The minimum Gasteiger partial charge on any atom is -0.338 e. The number of benzene rings is 1. The summed E-state index contributed by atoms with van der Waals surface area (Å²) in [6.07, 6.45) is 9.31. The maximum absolute atomic E-state index is 12.9. The molecule has 0 bridgehead atoms. The summed E-state index contributed by atoms with van der Waals surface area (Å²) in [6, 6.07) is 7.89. The van der Waals surface area contributed by atoms with Gasteiger partial charge in [-0.1, -0.05) is 25.1 Å². The van der Waals surface area contributed by atoms with Crippen LogP contribution in [0.4, 0.5) is 0 Å². The lowest BCUT2D eigenvalue weighted by molar-refractivity contribution is 0.0763. The van der Waals surface area contributed by atoms with Gasteiger partial charge < -0.3 is 4.90 Å². The number of amides is 1. The van der Waals surface area contributed by atoms with Crippen LogP contribution >= 0.6 is 23.5 Å². The van der Waals surface area contributed by atoms with Crippen molar-refractivity contribution in [1.29, 1.82) is 0 Å². The van der Waals surface area contributed by atoms with E-state index in [1.54, 1.807) is 18.0 Å². The molecule has 0 aliphatic carbocycles. The third kappa shape index (κ3) is 4.42. The molecule has 1 aliphatic heterocycles. The van der Waals surface area contributed by atoms with Crippen molar-refractivity contribution in [3.05, 3.63) is 42.2 Å². The Labute approximate surface area is 158 Å². The average molecular weight is 376 g/mol. The van der Waals surface area contributed by atoms with E-state index in [-0.39, 0.29) is 5.91 Å². The summed E-state index contributed by atoms with van der Waals surface area (Å²) < 4.78 is 2.04. The van der Waals surface area contributed by atoms with Crippen LogP contribution in [0, 0.1) is 0 Å². The number of likely N-dealkylation sites (tertiary alicyclic amines) is 1. The first-order valence-corrected chi connectivity index (χ1v) is 11.1.